The van der Waals surface area contributed by atoms with E-state index >= 15 is 0 Å². The third kappa shape index (κ3) is 3.46. The molecule has 1 aliphatic heterocycles. The minimum Gasteiger partial charge on any atom is -0.356 e. The average Bonchev–Trinajstić information content (AvgIpc) is 2.77. The minimum absolute atomic E-state index is 0.0190. The Morgan fingerprint density at radius 1 is 1.10 bits per heavy atom. The maximum Gasteiger partial charge on any atom is 0.274 e. The Morgan fingerprint density at radius 2 is 1.75 bits per heavy atom. The average molecular weight is 276 g/mol. The molecule has 5 heteroatoms. The molecule has 2 heterocycles. The van der Waals surface area contributed by atoms with E-state index in [1.165, 1.54) is 12.8 Å². The zero-order valence-corrected chi connectivity index (χ0v) is 12.5. The van der Waals surface area contributed by atoms with Crippen molar-refractivity contribution < 1.29 is 4.79 Å². The van der Waals surface area contributed by atoms with Gasteiger partial charge in [-0.3, -0.25) is 4.79 Å². The molecule has 1 saturated heterocycles. The molecule has 1 aliphatic rings. The van der Waals surface area contributed by atoms with Crippen LogP contribution in [-0.4, -0.2) is 47.0 Å². The van der Waals surface area contributed by atoms with Gasteiger partial charge in [0, 0.05) is 26.2 Å². The van der Waals surface area contributed by atoms with Crippen molar-refractivity contribution in [3.63, 3.8) is 0 Å². The first kappa shape index (κ1) is 14.8. The Morgan fingerprint density at radius 3 is 2.25 bits per heavy atom. The highest BCUT2D eigenvalue weighted by molar-refractivity contribution is 5.92. The van der Waals surface area contributed by atoms with Gasteiger partial charge in [0.05, 0.1) is 12.4 Å². The van der Waals surface area contributed by atoms with E-state index in [1.54, 1.807) is 12.4 Å². The molecule has 0 aromatic carbocycles. The van der Waals surface area contributed by atoms with Gasteiger partial charge in [-0.15, -0.1) is 0 Å². The molecule has 0 radical (unpaired) electrons. The lowest BCUT2D eigenvalue weighted by Crippen LogP contribution is -2.32. The summed E-state index contributed by atoms with van der Waals surface area (Å²) in [6, 6.07) is 0. The van der Waals surface area contributed by atoms with E-state index in [9.17, 15) is 4.79 Å². The number of hydrogen-bond acceptors (Lipinski definition) is 4. The van der Waals surface area contributed by atoms with Gasteiger partial charge in [-0.1, -0.05) is 12.8 Å². The molecule has 20 heavy (non-hydrogen) atoms. The highest BCUT2D eigenvalue weighted by Crippen LogP contribution is 2.13. The summed E-state index contributed by atoms with van der Waals surface area (Å²) in [5, 5.41) is 0. The summed E-state index contributed by atoms with van der Waals surface area (Å²) in [6.07, 6.45) is 7.94. The van der Waals surface area contributed by atoms with Crippen molar-refractivity contribution in [2.45, 2.75) is 39.5 Å². The second-order valence-corrected chi connectivity index (χ2v) is 5.14. The summed E-state index contributed by atoms with van der Waals surface area (Å²) >= 11 is 0. The molecule has 1 aromatic rings. The first-order valence-corrected chi connectivity index (χ1v) is 7.62. The first-order valence-electron chi connectivity index (χ1n) is 7.62. The number of amides is 1. The third-order valence-corrected chi connectivity index (χ3v) is 3.84. The summed E-state index contributed by atoms with van der Waals surface area (Å²) in [7, 11) is 0. The number of nitrogens with zero attached hydrogens (tertiary/aromatic N) is 4. The van der Waals surface area contributed by atoms with Crippen LogP contribution in [0.5, 0.6) is 0 Å². The Balaban J connectivity index is 2.06. The van der Waals surface area contributed by atoms with Crippen LogP contribution < -0.4 is 4.90 Å². The molecule has 0 unspecified atom stereocenters. The molecule has 0 bridgehead atoms. The zero-order valence-electron chi connectivity index (χ0n) is 12.5. The van der Waals surface area contributed by atoms with Crippen molar-refractivity contribution in [1.29, 1.82) is 0 Å². The highest BCUT2D eigenvalue weighted by Gasteiger charge is 2.19. The lowest BCUT2D eigenvalue weighted by atomic mass is 10.2. The summed E-state index contributed by atoms with van der Waals surface area (Å²) in [6.45, 7) is 7.65. The fourth-order valence-electron chi connectivity index (χ4n) is 2.58. The van der Waals surface area contributed by atoms with Crippen LogP contribution in [0.1, 0.15) is 50.0 Å². The van der Waals surface area contributed by atoms with Gasteiger partial charge in [0.1, 0.15) is 11.5 Å². The largest absolute Gasteiger partial charge is 0.356 e. The van der Waals surface area contributed by atoms with Crippen molar-refractivity contribution >= 4 is 11.7 Å². The topological polar surface area (TPSA) is 49.3 Å². The predicted octanol–water partition coefficient (Wildman–Crippen LogP) is 2.34. The Hall–Kier alpha value is -1.65. The molecule has 110 valence electrons. The first-order chi connectivity index (χ1) is 9.76. The zero-order chi connectivity index (χ0) is 14.4. The lowest BCUT2D eigenvalue weighted by Gasteiger charge is -2.21. The SMILES string of the molecule is CCN(CC)c1cnc(C(=O)N2CCCCCC2)cn1. The number of likely N-dealkylation sites (tertiary alicyclic amines) is 1. The summed E-state index contributed by atoms with van der Waals surface area (Å²) in [4.78, 5) is 25.1. The van der Waals surface area contributed by atoms with Crippen LogP contribution in [0.25, 0.3) is 0 Å². The summed E-state index contributed by atoms with van der Waals surface area (Å²) < 4.78 is 0. The second-order valence-electron chi connectivity index (χ2n) is 5.14. The number of aromatic nitrogens is 2. The Bertz CT molecular complexity index is 420. The Labute approximate surface area is 121 Å². The molecule has 0 atom stereocenters. The molecular formula is C15H24N4O. The van der Waals surface area contributed by atoms with E-state index < -0.39 is 0 Å². The number of rotatable bonds is 4. The van der Waals surface area contributed by atoms with Gasteiger partial charge >= 0.3 is 0 Å². The standard InChI is InChI=1S/C15H24N4O/c1-3-18(4-2)14-12-16-13(11-17-14)15(20)19-9-7-5-6-8-10-19/h11-12H,3-10H2,1-2H3. The molecule has 0 aliphatic carbocycles. The number of carbonyl (C=O) groups excluding carboxylic acids is 1. The van der Waals surface area contributed by atoms with Crippen molar-refractivity contribution in [2.75, 3.05) is 31.1 Å². The minimum atomic E-state index is 0.0190. The smallest absolute Gasteiger partial charge is 0.274 e. The number of hydrogen-bond donors (Lipinski definition) is 0. The highest BCUT2D eigenvalue weighted by atomic mass is 16.2. The van der Waals surface area contributed by atoms with Crippen LogP contribution in [0.4, 0.5) is 5.82 Å². The van der Waals surface area contributed by atoms with Gasteiger partial charge in [0.2, 0.25) is 0 Å². The van der Waals surface area contributed by atoms with E-state index in [2.05, 4.69) is 28.7 Å². The third-order valence-electron chi connectivity index (χ3n) is 3.84. The fourth-order valence-corrected chi connectivity index (χ4v) is 2.58. The molecule has 2 rings (SSSR count). The van der Waals surface area contributed by atoms with Crippen LogP contribution in [0, 0.1) is 0 Å². The van der Waals surface area contributed by atoms with Gasteiger partial charge in [-0.25, -0.2) is 9.97 Å². The van der Waals surface area contributed by atoms with Crippen LogP contribution in [0.3, 0.4) is 0 Å². The van der Waals surface area contributed by atoms with Gasteiger partial charge in [0.25, 0.3) is 5.91 Å². The van der Waals surface area contributed by atoms with Crippen LogP contribution in [0.15, 0.2) is 12.4 Å². The van der Waals surface area contributed by atoms with E-state index in [0.29, 0.717) is 5.69 Å². The molecule has 0 saturated carbocycles. The van der Waals surface area contributed by atoms with E-state index in [0.717, 1.165) is 44.8 Å². The van der Waals surface area contributed by atoms with Crippen molar-refractivity contribution in [1.82, 2.24) is 14.9 Å². The molecule has 5 nitrogen and oxygen atoms in total. The molecular weight excluding hydrogens is 252 g/mol. The predicted molar refractivity (Wildman–Crippen MR) is 80.0 cm³/mol. The molecule has 1 fully saturated rings. The fraction of sp³-hybridized carbons (Fsp3) is 0.667. The molecule has 0 spiro atoms. The van der Waals surface area contributed by atoms with E-state index in [4.69, 9.17) is 0 Å². The Kier molecular flexibility index (Phi) is 5.32. The lowest BCUT2D eigenvalue weighted by molar-refractivity contribution is 0.0755. The van der Waals surface area contributed by atoms with Gasteiger partial charge in [0.15, 0.2) is 0 Å². The summed E-state index contributed by atoms with van der Waals surface area (Å²) in [5.74, 6) is 0.855. The number of carbonyl (C=O) groups is 1. The molecule has 1 aromatic heterocycles. The van der Waals surface area contributed by atoms with Crippen molar-refractivity contribution in [3.8, 4) is 0 Å². The van der Waals surface area contributed by atoms with Gasteiger partial charge in [-0.05, 0) is 26.7 Å². The van der Waals surface area contributed by atoms with Crippen molar-refractivity contribution in [2.24, 2.45) is 0 Å². The molecule has 1 amide bonds. The van der Waals surface area contributed by atoms with Crippen LogP contribution in [0.2, 0.25) is 0 Å². The molecule has 0 N–H and O–H groups in total. The van der Waals surface area contributed by atoms with E-state index in [1.807, 2.05) is 4.90 Å². The maximum absolute atomic E-state index is 12.4. The van der Waals surface area contributed by atoms with Crippen LogP contribution in [-0.2, 0) is 0 Å². The van der Waals surface area contributed by atoms with Crippen LogP contribution >= 0.6 is 0 Å². The normalized spacial score (nSPS) is 15.8. The monoisotopic (exact) mass is 276 g/mol. The second kappa shape index (κ2) is 7.22. The summed E-state index contributed by atoms with van der Waals surface area (Å²) in [5.41, 5.74) is 0.461. The van der Waals surface area contributed by atoms with Crippen molar-refractivity contribution in [3.05, 3.63) is 18.1 Å². The quantitative estimate of drug-likeness (QED) is 0.847. The maximum atomic E-state index is 12.4. The van der Waals surface area contributed by atoms with E-state index in [-0.39, 0.29) is 5.91 Å². The van der Waals surface area contributed by atoms with Gasteiger partial charge < -0.3 is 9.80 Å². The number of anilines is 1. The van der Waals surface area contributed by atoms with Gasteiger partial charge in [-0.2, -0.15) is 0 Å².